The minimum atomic E-state index is -0.682. The Balaban J connectivity index is 2.72. The Morgan fingerprint density at radius 1 is 1.67 bits per heavy atom. The van der Waals surface area contributed by atoms with Crippen molar-refractivity contribution in [2.24, 2.45) is 5.73 Å². The van der Waals surface area contributed by atoms with E-state index in [1.54, 1.807) is 24.0 Å². The van der Waals surface area contributed by atoms with Gasteiger partial charge in [-0.1, -0.05) is 0 Å². The first-order valence-electron chi connectivity index (χ1n) is 4.43. The Labute approximate surface area is 86.7 Å². The molecule has 2 rings (SSSR count). The molecule has 0 saturated heterocycles. The summed E-state index contributed by atoms with van der Waals surface area (Å²) in [5, 5.41) is 12.9. The Morgan fingerprint density at radius 3 is 3.13 bits per heavy atom. The summed E-state index contributed by atoms with van der Waals surface area (Å²) in [6, 6.07) is 4.93. The zero-order valence-electron chi connectivity index (χ0n) is 8.21. The van der Waals surface area contributed by atoms with Gasteiger partial charge < -0.3 is 10.5 Å². The summed E-state index contributed by atoms with van der Waals surface area (Å²) in [7, 11) is 1.57. The maximum atomic E-state index is 8.78. The highest BCUT2D eigenvalue weighted by atomic mass is 16.5. The van der Waals surface area contributed by atoms with Crippen molar-refractivity contribution in [3.8, 4) is 11.8 Å². The van der Waals surface area contributed by atoms with Gasteiger partial charge in [0.2, 0.25) is 0 Å². The molecule has 0 saturated carbocycles. The minimum Gasteiger partial charge on any atom is -0.494 e. The molecule has 1 atom stereocenters. The van der Waals surface area contributed by atoms with E-state index in [-0.39, 0.29) is 0 Å². The third-order valence-corrected chi connectivity index (χ3v) is 2.23. The number of fused-ring (bicyclic) bond motifs is 1. The molecule has 0 spiro atoms. The molecule has 0 aliphatic heterocycles. The number of hydrogen-bond donors (Lipinski definition) is 1. The molecule has 76 valence electrons. The standard InChI is InChI=1S/C10H10N4O/c1-15-9-3-2-4-14-10(9)7(6-13-14)8(12)5-11/h2-4,6,8H,12H2,1H3. The number of nitrogens with two attached hydrogens (primary N) is 1. The lowest BCUT2D eigenvalue weighted by atomic mass is 10.1. The van der Waals surface area contributed by atoms with Crippen LogP contribution in [-0.2, 0) is 0 Å². The fourth-order valence-corrected chi connectivity index (χ4v) is 1.50. The second-order valence-electron chi connectivity index (χ2n) is 3.08. The first kappa shape index (κ1) is 9.49. The maximum Gasteiger partial charge on any atom is 0.145 e. The van der Waals surface area contributed by atoms with Gasteiger partial charge in [0.25, 0.3) is 0 Å². The van der Waals surface area contributed by atoms with Gasteiger partial charge in [-0.25, -0.2) is 4.52 Å². The summed E-state index contributed by atoms with van der Waals surface area (Å²) in [4.78, 5) is 0. The van der Waals surface area contributed by atoms with Gasteiger partial charge in [0.15, 0.2) is 0 Å². The van der Waals surface area contributed by atoms with Crippen LogP contribution in [0.15, 0.2) is 24.5 Å². The van der Waals surface area contributed by atoms with E-state index in [9.17, 15) is 0 Å². The molecule has 0 aromatic carbocycles. The number of nitrogens with zero attached hydrogens (tertiary/aromatic N) is 3. The van der Waals surface area contributed by atoms with Crippen molar-refractivity contribution in [2.75, 3.05) is 7.11 Å². The zero-order chi connectivity index (χ0) is 10.8. The monoisotopic (exact) mass is 202 g/mol. The average Bonchev–Trinajstić information content (AvgIpc) is 2.71. The van der Waals surface area contributed by atoms with Crippen molar-refractivity contribution in [3.05, 3.63) is 30.1 Å². The third kappa shape index (κ3) is 1.41. The SMILES string of the molecule is COc1cccn2ncc(C(N)C#N)c12. The first-order valence-corrected chi connectivity index (χ1v) is 4.43. The Kier molecular flexibility index (Phi) is 2.27. The van der Waals surface area contributed by atoms with E-state index in [0.717, 1.165) is 5.52 Å². The highest BCUT2D eigenvalue weighted by Crippen LogP contribution is 2.25. The summed E-state index contributed by atoms with van der Waals surface area (Å²) < 4.78 is 6.84. The minimum absolute atomic E-state index is 0.663. The molecule has 5 nitrogen and oxygen atoms in total. The molecular formula is C10H10N4O. The van der Waals surface area contributed by atoms with Crippen LogP contribution in [-0.4, -0.2) is 16.7 Å². The summed E-state index contributed by atoms with van der Waals surface area (Å²) in [6.07, 6.45) is 3.37. The fourth-order valence-electron chi connectivity index (χ4n) is 1.50. The lowest BCUT2D eigenvalue weighted by molar-refractivity contribution is 0.417. The molecule has 2 aromatic rings. The smallest absolute Gasteiger partial charge is 0.145 e. The average molecular weight is 202 g/mol. The van der Waals surface area contributed by atoms with Gasteiger partial charge in [-0.3, -0.25) is 0 Å². The fraction of sp³-hybridized carbons (Fsp3) is 0.200. The summed E-state index contributed by atoms with van der Waals surface area (Å²) in [6.45, 7) is 0. The number of ether oxygens (including phenoxy) is 1. The number of methoxy groups -OCH3 is 1. The van der Waals surface area contributed by atoms with Crippen molar-refractivity contribution < 1.29 is 4.74 Å². The molecule has 2 heterocycles. The van der Waals surface area contributed by atoms with Crippen LogP contribution in [0.3, 0.4) is 0 Å². The molecule has 0 fully saturated rings. The molecule has 5 heteroatoms. The van der Waals surface area contributed by atoms with Crippen molar-refractivity contribution in [2.45, 2.75) is 6.04 Å². The molecule has 2 aromatic heterocycles. The molecule has 0 radical (unpaired) electrons. The normalized spacial score (nSPS) is 12.3. The summed E-state index contributed by atoms with van der Waals surface area (Å²) >= 11 is 0. The van der Waals surface area contributed by atoms with E-state index in [0.29, 0.717) is 11.3 Å². The van der Waals surface area contributed by atoms with Gasteiger partial charge >= 0.3 is 0 Å². The van der Waals surface area contributed by atoms with E-state index < -0.39 is 6.04 Å². The van der Waals surface area contributed by atoms with E-state index in [4.69, 9.17) is 15.7 Å². The predicted octanol–water partition coefficient (Wildman–Crippen LogP) is 0.866. The number of aromatic nitrogens is 2. The second kappa shape index (κ2) is 3.59. The predicted molar refractivity (Wildman–Crippen MR) is 54.3 cm³/mol. The summed E-state index contributed by atoms with van der Waals surface area (Å²) in [5.41, 5.74) is 7.08. The van der Waals surface area contributed by atoms with Gasteiger partial charge in [-0.2, -0.15) is 10.4 Å². The van der Waals surface area contributed by atoms with Crippen LogP contribution in [0.1, 0.15) is 11.6 Å². The quantitative estimate of drug-likeness (QED) is 0.783. The van der Waals surface area contributed by atoms with Crippen molar-refractivity contribution in [1.29, 1.82) is 5.26 Å². The highest BCUT2D eigenvalue weighted by Gasteiger charge is 2.14. The van der Waals surface area contributed by atoms with E-state index in [1.165, 1.54) is 0 Å². The lowest BCUT2D eigenvalue weighted by Crippen LogP contribution is -2.07. The number of hydrogen-bond acceptors (Lipinski definition) is 4. The van der Waals surface area contributed by atoms with E-state index in [2.05, 4.69) is 5.10 Å². The highest BCUT2D eigenvalue weighted by molar-refractivity contribution is 5.66. The molecule has 2 N–H and O–H groups in total. The first-order chi connectivity index (χ1) is 7.27. The third-order valence-electron chi connectivity index (χ3n) is 2.23. The molecule has 0 amide bonds. The molecule has 0 aliphatic rings. The van der Waals surface area contributed by atoms with Crippen LogP contribution in [0.5, 0.6) is 5.75 Å². The van der Waals surface area contributed by atoms with Gasteiger partial charge in [0.1, 0.15) is 17.3 Å². The van der Waals surface area contributed by atoms with Crippen molar-refractivity contribution in [3.63, 3.8) is 0 Å². The molecule has 0 aliphatic carbocycles. The topological polar surface area (TPSA) is 76.3 Å². The largest absolute Gasteiger partial charge is 0.494 e. The number of nitriles is 1. The van der Waals surface area contributed by atoms with Gasteiger partial charge in [0.05, 0.1) is 19.4 Å². The van der Waals surface area contributed by atoms with E-state index in [1.807, 2.05) is 18.2 Å². The molecule has 0 bridgehead atoms. The Morgan fingerprint density at radius 2 is 2.47 bits per heavy atom. The van der Waals surface area contributed by atoms with Gasteiger partial charge in [0, 0.05) is 11.8 Å². The molecule has 15 heavy (non-hydrogen) atoms. The van der Waals surface area contributed by atoms with Crippen LogP contribution in [0.4, 0.5) is 0 Å². The lowest BCUT2D eigenvalue weighted by Gasteiger charge is -2.05. The van der Waals surface area contributed by atoms with Gasteiger partial charge in [-0.05, 0) is 12.1 Å². The maximum absolute atomic E-state index is 8.78. The van der Waals surface area contributed by atoms with Crippen LogP contribution >= 0.6 is 0 Å². The molecule has 1 unspecified atom stereocenters. The zero-order valence-corrected chi connectivity index (χ0v) is 8.21. The molecular weight excluding hydrogens is 192 g/mol. The Bertz CT molecular complexity index is 526. The van der Waals surface area contributed by atoms with Gasteiger partial charge in [-0.15, -0.1) is 0 Å². The number of rotatable bonds is 2. The van der Waals surface area contributed by atoms with E-state index >= 15 is 0 Å². The van der Waals surface area contributed by atoms with Crippen LogP contribution in [0, 0.1) is 11.3 Å². The van der Waals surface area contributed by atoms with Crippen molar-refractivity contribution in [1.82, 2.24) is 9.61 Å². The van der Waals surface area contributed by atoms with Crippen LogP contribution in [0.25, 0.3) is 5.52 Å². The van der Waals surface area contributed by atoms with Crippen LogP contribution < -0.4 is 10.5 Å². The van der Waals surface area contributed by atoms with Crippen molar-refractivity contribution >= 4 is 5.52 Å². The second-order valence-corrected chi connectivity index (χ2v) is 3.08. The summed E-state index contributed by atoms with van der Waals surface area (Å²) in [5.74, 6) is 0.663. The van der Waals surface area contributed by atoms with Crippen LogP contribution in [0.2, 0.25) is 0 Å². The number of pyridine rings is 1. The Hall–Kier alpha value is -2.06.